The standard InChI is InChI=1S/C17H26N2O2/c1-13(14-8-10-15(11-9-14)18(2)3)19-12-6-4-5-7-16(19)17(20)21/h8-11,13,16H,4-7,12H2,1-3H3,(H,20,21). The van der Waals surface area contributed by atoms with E-state index in [0.717, 1.165) is 37.9 Å². The maximum Gasteiger partial charge on any atom is 0.320 e. The van der Waals surface area contributed by atoms with Crippen molar-refractivity contribution >= 4 is 11.7 Å². The molecule has 4 heteroatoms. The van der Waals surface area contributed by atoms with E-state index in [9.17, 15) is 9.90 Å². The molecular formula is C17H26N2O2. The summed E-state index contributed by atoms with van der Waals surface area (Å²) >= 11 is 0. The van der Waals surface area contributed by atoms with E-state index >= 15 is 0 Å². The highest BCUT2D eigenvalue weighted by Gasteiger charge is 2.30. The predicted molar refractivity (Wildman–Crippen MR) is 85.8 cm³/mol. The highest BCUT2D eigenvalue weighted by Crippen LogP contribution is 2.28. The molecule has 21 heavy (non-hydrogen) atoms. The molecule has 0 spiro atoms. The fourth-order valence-corrected chi connectivity index (χ4v) is 3.10. The lowest BCUT2D eigenvalue weighted by molar-refractivity contribution is -0.144. The molecule has 4 nitrogen and oxygen atoms in total. The summed E-state index contributed by atoms with van der Waals surface area (Å²) in [5.74, 6) is -0.686. The van der Waals surface area contributed by atoms with Crippen molar-refractivity contribution < 1.29 is 9.90 Å². The Labute approximate surface area is 127 Å². The molecule has 1 fully saturated rings. The summed E-state index contributed by atoms with van der Waals surface area (Å²) in [4.78, 5) is 15.8. The van der Waals surface area contributed by atoms with Crippen molar-refractivity contribution in [3.63, 3.8) is 0 Å². The van der Waals surface area contributed by atoms with Crippen molar-refractivity contribution in [3.05, 3.63) is 29.8 Å². The molecule has 1 N–H and O–H groups in total. The summed E-state index contributed by atoms with van der Waals surface area (Å²) in [6.45, 7) is 2.99. The largest absolute Gasteiger partial charge is 0.480 e. The van der Waals surface area contributed by atoms with Gasteiger partial charge in [0.2, 0.25) is 0 Å². The second-order valence-electron chi connectivity index (χ2n) is 6.10. The maximum absolute atomic E-state index is 11.5. The second-order valence-corrected chi connectivity index (χ2v) is 6.10. The summed E-state index contributed by atoms with van der Waals surface area (Å²) in [5, 5.41) is 9.50. The lowest BCUT2D eigenvalue weighted by atomic mass is 10.0. The zero-order chi connectivity index (χ0) is 15.4. The van der Waals surface area contributed by atoms with Crippen LogP contribution in [0.4, 0.5) is 5.69 Å². The zero-order valence-corrected chi connectivity index (χ0v) is 13.2. The van der Waals surface area contributed by atoms with Gasteiger partial charge < -0.3 is 10.0 Å². The monoisotopic (exact) mass is 290 g/mol. The quantitative estimate of drug-likeness (QED) is 0.925. The van der Waals surface area contributed by atoms with Crippen molar-refractivity contribution in [3.8, 4) is 0 Å². The van der Waals surface area contributed by atoms with Crippen LogP contribution < -0.4 is 4.90 Å². The first-order valence-electron chi connectivity index (χ1n) is 7.76. The SMILES string of the molecule is CC(c1ccc(N(C)C)cc1)N1CCCCCC1C(=O)O. The van der Waals surface area contributed by atoms with Crippen LogP contribution in [0.5, 0.6) is 0 Å². The Morgan fingerprint density at radius 1 is 1.24 bits per heavy atom. The van der Waals surface area contributed by atoms with Crippen molar-refractivity contribution in [2.75, 3.05) is 25.5 Å². The van der Waals surface area contributed by atoms with Gasteiger partial charge in [0, 0.05) is 25.8 Å². The number of hydrogen-bond donors (Lipinski definition) is 1. The molecule has 2 unspecified atom stereocenters. The minimum Gasteiger partial charge on any atom is -0.480 e. The van der Waals surface area contributed by atoms with Gasteiger partial charge in [0.15, 0.2) is 0 Å². The van der Waals surface area contributed by atoms with Gasteiger partial charge in [-0.2, -0.15) is 0 Å². The normalized spacial score (nSPS) is 21.6. The highest BCUT2D eigenvalue weighted by atomic mass is 16.4. The molecule has 1 saturated heterocycles. The first kappa shape index (κ1) is 15.8. The summed E-state index contributed by atoms with van der Waals surface area (Å²) in [5.41, 5.74) is 2.35. The van der Waals surface area contributed by atoms with Gasteiger partial charge in [0.1, 0.15) is 6.04 Å². The smallest absolute Gasteiger partial charge is 0.320 e. The third-order valence-corrected chi connectivity index (χ3v) is 4.47. The van der Waals surface area contributed by atoms with Crippen molar-refractivity contribution in [1.29, 1.82) is 0 Å². The molecule has 1 aromatic rings. The minimum atomic E-state index is -0.686. The van der Waals surface area contributed by atoms with Gasteiger partial charge in [-0.3, -0.25) is 9.69 Å². The van der Waals surface area contributed by atoms with Gasteiger partial charge in [-0.25, -0.2) is 0 Å². The van der Waals surface area contributed by atoms with E-state index in [1.165, 1.54) is 5.56 Å². The van der Waals surface area contributed by atoms with Crippen LogP contribution in [0.1, 0.15) is 44.2 Å². The Balaban J connectivity index is 2.19. The van der Waals surface area contributed by atoms with Gasteiger partial charge in [-0.05, 0) is 44.0 Å². The minimum absolute atomic E-state index is 0.139. The van der Waals surface area contributed by atoms with Gasteiger partial charge in [0.25, 0.3) is 0 Å². The number of hydrogen-bond acceptors (Lipinski definition) is 3. The van der Waals surface area contributed by atoms with Crippen LogP contribution >= 0.6 is 0 Å². The lowest BCUT2D eigenvalue weighted by Gasteiger charge is -2.33. The number of rotatable bonds is 4. The van der Waals surface area contributed by atoms with Crippen LogP contribution in [0.25, 0.3) is 0 Å². The number of likely N-dealkylation sites (tertiary alicyclic amines) is 1. The fourth-order valence-electron chi connectivity index (χ4n) is 3.10. The van der Waals surface area contributed by atoms with Crippen LogP contribution in [-0.2, 0) is 4.79 Å². The Bertz CT molecular complexity index is 470. The number of carboxylic acids is 1. The molecule has 0 bridgehead atoms. The van der Waals surface area contributed by atoms with E-state index in [4.69, 9.17) is 0 Å². The first-order valence-corrected chi connectivity index (χ1v) is 7.76. The molecule has 1 aliphatic heterocycles. The van der Waals surface area contributed by atoms with E-state index in [2.05, 4.69) is 41.0 Å². The molecule has 1 aliphatic rings. The summed E-state index contributed by atoms with van der Waals surface area (Å²) in [6, 6.07) is 8.21. The second kappa shape index (κ2) is 6.94. The average molecular weight is 290 g/mol. The van der Waals surface area contributed by atoms with Crippen LogP contribution in [0.15, 0.2) is 24.3 Å². The number of benzene rings is 1. The molecule has 1 heterocycles. The third kappa shape index (κ3) is 3.76. The summed E-state index contributed by atoms with van der Waals surface area (Å²) in [6.07, 6.45) is 3.99. The molecule has 2 atom stereocenters. The first-order chi connectivity index (χ1) is 10.0. The van der Waals surface area contributed by atoms with Gasteiger partial charge in [0.05, 0.1) is 0 Å². The van der Waals surface area contributed by atoms with E-state index < -0.39 is 5.97 Å². The maximum atomic E-state index is 11.5. The fraction of sp³-hybridized carbons (Fsp3) is 0.588. The number of nitrogens with zero attached hydrogens (tertiary/aromatic N) is 2. The van der Waals surface area contributed by atoms with E-state index in [0.29, 0.717) is 0 Å². The zero-order valence-electron chi connectivity index (χ0n) is 13.2. The molecule has 0 aliphatic carbocycles. The lowest BCUT2D eigenvalue weighted by Crippen LogP contribution is -2.42. The molecule has 0 radical (unpaired) electrons. The molecule has 0 amide bonds. The van der Waals surface area contributed by atoms with E-state index in [-0.39, 0.29) is 12.1 Å². The van der Waals surface area contributed by atoms with Crippen LogP contribution in [0.2, 0.25) is 0 Å². The number of carbonyl (C=O) groups is 1. The molecule has 0 aromatic heterocycles. The summed E-state index contributed by atoms with van der Waals surface area (Å²) in [7, 11) is 4.04. The van der Waals surface area contributed by atoms with E-state index in [1.54, 1.807) is 0 Å². The summed E-state index contributed by atoms with van der Waals surface area (Å²) < 4.78 is 0. The number of carboxylic acid groups (broad SMARTS) is 1. The molecule has 116 valence electrons. The topological polar surface area (TPSA) is 43.8 Å². The van der Waals surface area contributed by atoms with Crippen molar-refractivity contribution in [1.82, 2.24) is 4.90 Å². The third-order valence-electron chi connectivity index (χ3n) is 4.47. The van der Waals surface area contributed by atoms with Crippen molar-refractivity contribution in [2.45, 2.75) is 44.7 Å². The highest BCUT2D eigenvalue weighted by molar-refractivity contribution is 5.73. The van der Waals surface area contributed by atoms with Crippen LogP contribution in [-0.4, -0.2) is 42.7 Å². The number of anilines is 1. The van der Waals surface area contributed by atoms with Crippen molar-refractivity contribution in [2.24, 2.45) is 0 Å². The average Bonchev–Trinajstić information content (AvgIpc) is 2.72. The van der Waals surface area contributed by atoms with Gasteiger partial charge in [-0.1, -0.05) is 25.0 Å². The molecule has 2 rings (SSSR count). The molecular weight excluding hydrogens is 264 g/mol. The Morgan fingerprint density at radius 3 is 2.48 bits per heavy atom. The van der Waals surface area contributed by atoms with E-state index in [1.807, 2.05) is 14.1 Å². The van der Waals surface area contributed by atoms with Crippen LogP contribution in [0, 0.1) is 0 Å². The van der Waals surface area contributed by atoms with Crippen LogP contribution in [0.3, 0.4) is 0 Å². The van der Waals surface area contributed by atoms with Gasteiger partial charge >= 0.3 is 5.97 Å². The Kier molecular flexibility index (Phi) is 5.23. The number of aliphatic carboxylic acids is 1. The van der Waals surface area contributed by atoms with Gasteiger partial charge in [-0.15, -0.1) is 0 Å². The predicted octanol–water partition coefficient (Wildman–Crippen LogP) is 3.14. The Hall–Kier alpha value is -1.55. The Morgan fingerprint density at radius 2 is 1.90 bits per heavy atom. The molecule has 1 aromatic carbocycles. The molecule has 0 saturated carbocycles.